The Morgan fingerprint density at radius 3 is 2.95 bits per heavy atom. The van der Waals surface area contributed by atoms with E-state index in [1.807, 2.05) is 30.3 Å². The molecule has 3 rings (SSSR count). The Balaban J connectivity index is 1.63. The molecule has 1 unspecified atom stereocenters. The van der Waals surface area contributed by atoms with Crippen molar-refractivity contribution in [2.24, 2.45) is 0 Å². The van der Waals surface area contributed by atoms with Crippen LogP contribution >= 0.6 is 0 Å². The van der Waals surface area contributed by atoms with Crippen LogP contribution < -0.4 is 10.1 Å². The first-order chi connectivity index (χ1) is 9.88. The fourth-order valence-corrected chi connectivity index (χ4v) is 2.58. The molecule has 20 heavy (non-hydrogen) atoms. The summed E-state index contributed by atoms with van der Waals surface area (Å²) in [6.07, 6.45) is 1.83. The van der Waals surface area contributed by atoms with E-state index in [2.05, 4.69) is 27.0 Å². The van der Waals surface area contributed by atoms with Gasteiger partial charge in [0, 0.05) is 19.5 Å². The summed E-state index contributed by atoms with van der Waals surface area (Å²) in [6.45, 7) is 4.72. The van der Waals surface area contributed by atoms with Crippen LogP contribution in [0.1, 0.15) is 31.0 Å². The maximum absolute atomic E-state index is 5.73. The molecular formula is C15H20N4O. The molecule has 2 heterocycles. The molecule has 5 heteroatoms. The van der Waals surface area contributed by atoms with Gasteiger partial charge in [-0.1, -0.05) is 25.1 Å². The zero-order valence-electron chi connectivity index (χ0n) is 11.7. The number of ether oxygens (including phenoxy) is 1. The smallest absolute Gasteiger partial charge is 0.150 e. The third-order valence-electron chi connectivity index (χ3n) is 3.64. The normalized spacial score (nSPS) is 17.8. The molecular weight excluding hydrogens is 252 g/mol. The van der Waals surface area contributed by atoms with Crippen molar-refractivity contribution >= 4 is 0 Å². The van der Waals surface area contributed by atoms with E-state index in [9.17, 15) is 0 Å². The highest BCUT2D eigenvalue weighted by molar-refractivity contribution is 5.20. The van der Waals surface area contributed by atoms with Crippen LogP contribution in [0, 0.1) is 0 Å². The summed E-state index contributed by atoms with van der Waals surface area (Å²) in [7, 11) is 0. The van der Waals surface area contributed by atoms with E-state index in [0.29, 0.717) is 12.6 Å². The molecule has 2 aromatic rings. The minimum Gasteiger partial charge on any atom is -0.493 e. The van der Waals surface area contributed by atoms with Crippen molar-refractivity contribution in [1.82, 2.24) is 20.1 Å². The lowest BCUT2D eigenvalue weighted by atomic mass is 10.2. The van der Waals surface area contributed by atoms with Gasteiger partial charge in [-0.2, -0.15) is 0 Å². The van der Waals surface area contributed by atoms with Gasteiger partial charge in [0.2, 0.25) is 0 Å². The SMILES string of the molecule is CCC1NCCn2c(CCOc3ccccc3)nnc21. The average molecular weight is 272 g/mol. The number of benzene rings is 1. The Morgan fingerprint density at radius 2 is 2.15 bits per heavy atom. The van der Waals surface area contributed by atoms with Crippen molar-refractivity contribution in [3.63, 3.8) is 0 Å². The minimum absolute atomic E-state index is 0.333. The van der Waals surface area contributed by atoms with Gasteiger partial charge in [0.05, 0.1) is 12.6 Å². The van der Waals surface area contributed by atoms with Crippen LogP contribution in [0.3, 0.4) is 0 Å². The molecule has 0 amide bonds. The highest BCUT2D eigenvalue weighted by Gasteiger charge is 2.22. The van der Waals surface area contributed by atoms with Crippen LogP contribution in [-0.2, 0) is 13.0 Å². The van der Waals surface area contributed by atoms with E-state index >= 15 is 0 Å². The monoisotopic (exact) mass is 272 g/mol. The van der Waals surface area contributed by atoms with Gasteiger partial charge in [-0.05, 0) is 18.6 Å². The van der Waals surface area contributed by atoms with Gasteiger partial charge in [0.25, 0.3) is 0 Å². The zero-order valence-corrected chi connectivity index (χ0v) is 11.7. The second-order valence-corrected chi connectivity index (χ2v) is 4.95. The molecule has 0 radical (unpaired) electrons. The molecule has 1 atom stereocenters. The number of para-hydroxylation sites is 1. The van der Waals surface area contributed by atoms with E-state index < -0.39 is 0 Å². The van der Waals surface area contributed by atoms with Crippen LogP contribution in [0.5, 0.6) is 5.75 Å². The zero-order chi connectivity index (χ0) is 13.8. The maximum Gasteiger partial charge on any atom is 0.150 e. The Hall–Kier alpha value is -1.88. The van der Waals surface area contributed by atoms with Crippen molar-refractivity contribution in [3.8, 4) is 5.75 Å². The highest BCUT2D eigenvalue weighted by Crippen LogP contribution is 2.19. The largest absolute Gasteiger partial charge is 0.493 e. The Bertz CT molecular complexity index is 552. The van der Waals surface area contributed by atoms with Gasteiger partial charge in [-0.25, -0.2) is 0 Å². The first kappa shape index (κ1) is 13.1. The Labute approximate surface area is 119 Å². The number of rotatable bonds is 5. The standard InChI is InChI=1S/C15H20N4O/c1-2-13-15-18-17-14(19(15)10-9-16-13)8-11-20-12-6-4-3-5-7-12/h3-7,13,16H,2,8-11H2,1H3. The number of hydrogen-bond acceptors (Lipinski definition) is 4. The quantitative estimate of drug-likeness (QED) is 0.904. The summed E-state index contributed by atoms with van der Waals surface area (Å²) in [5.41, 5.74) is 0. The summed E-state index contributed by atoms with van der Waals surface area (Å²) in [5, 5.41) is 12.1. The van der Waals surface area contributed by atoms with Gasteiger partial charge in [-0.3, -0.25) is 0 Å². The lowest BCUT2D eigenvalue weighted by molar-refractivity contribution is 0.314. The maximum atomic E-state index is 5.73. The minimum atomic E-state index is 0.333. The molecule has 0 fully saturated rings. The molecule has 1 N–H and O–H groups in total. The highest BCUT2D eigenvalue weighted by atomic mass is 16.5. The summed E-state index contributed by atoms with van der Waals surface area (Å²) in [6, 6.07) is 10.2. The van der Waals surface area contributed by atoms with E-state index in [-0.39, 0.29) is 0 Å². The van der Waals surface area contributed by atoms with E-state index in [1.165, 1.54) is 0 Å². The molecule has 0 saturated carbocycles. The van der Waals surface area contributed by atoms with Crippen molar-refractivity contribution in [3.05, 3.63) is 42.0 Å². The van der Waals surface area contributed by atoms with Crippen LogP contribution in [0.2, 0.25) is 0 Å². The average Bonchev–Trinajstić information content (AvgIpc) is 2.92. The van der Waals surface area contributed by atoms with Gasteiger partial charge in [-0.15, -0.1) is 10.2 Å². The fraction of sp³-hybridized carbons (Fsp3) is 0.467. The molecule has 5 nitrogen and oxygen atoms in total. The van der Waals surface area contributed by atoms with E-state index in [0.717, 1.165) is 43.3 Å². The second-order valence-electron chi connectivity index (χ2n) is 4.95. The van der Waals surface area contributed by atoms with Crippen molar-refractivity contribution in [2.75, 3.05) is 13.2 Å². The fourth-order valence-electron chi connectivity index (χ4n) is 2.58. The number of fused-ring (bicyclic) bond motifs is 1. The number of aromatic nitrogens is 3. The summed E-state index contributed by atoms with van der Waals surface area (Å²) < 4.78 is 7.96. The second kappa shape index (κ2) is 6.05. The van der Waals surface area contributed by atoms with Crippen LogP contribution in [0.15, 0.2) is 30.3 Å². The summed E-state index contributed by atoms with van der Waals surface area (Å²) in [5.74, 6) is 2.99. The van der Waals surface area contributed by atoms with Gasteiger partial charge >= 0.3 is 0 Å². The lowest BCUT2D eigenvalue weighted by Gasteiger charge is -2.24. The van der Waals surface area contributed by atoms with Crippen molar-refractivity contribution < 1.29 is 4.74 Å². The first-order valence-electron chi connectivity index (χ1n) is 7.21. The molecule has 106 valence electrons. The topological polar surface area (TPSA) is 52.0 Å². The predicted molar refractivity (Wildman–Crippen MR) is 76.7 cm³/mol. The van der Waals surface area contributed by atoms with E-state index in [1.54, 1.807) is 0 Å². The Kier molecular flexibility index (Phi) is 3.97. The third-order valence-corrected chi connectivity index (χ3v) is 3.64. The molecule has 1 aliphatic rings. The summed E-state index contributed by atoms with van der Waals surface area (Å²) >= 11 is 0. The molecule has 0 aliphatic carbocycles. The van der Waals surface area contributed by atoms with Gasteiger partial charge in [0.1, 0.15) is 17.4 Å². The molecule has 1 aromatic carbocycles. The molecule has 0 bridgehead atoms. The first-order valence-corrected chi connectivity index (χ1v) is 7.21. The number of nitrogens with zero attached hydrogens (tertiary/aromatic N) is 3. The lowest BCUT2D eigenvalue weighted by Crippen LogP contribution is -2.34. The van der Waals surface area contributed by atoms with Crippen molar-refractivity contribution in [1.29, 1.82) is 0 Å². The van der Waals surface area contributed by atoms with Gasteiger partial charge in [0.15, 0.2) is 0 Å². The molecule has 0 saturated heterocycles. The summed E-state index contributed by atoms with van der Waals surface area (Å²) in [4.78, 5) is 0. The molecule has 1 aliphatic heterocycles. The van der Waals surface area contributed by atoms with Crippen LogP contribution in [0.25, 0.3) is 0 Å². The number of hydrogen-bond donors (Lipinski definition) is 1. The van der Waals surface area contributed by atoms with Gasteiger partial charge < -0.3 is 14.6 Å². The van der Waals surface area contributed by atoms with Crippen LogP contribution in [-0.4, -0.2) is 27.9 Å². The third kappa shape index (κ3) is 2.67. The predicted octanol–water partition coefficient (Wildman–Crippen LogP) is 1.95. The van der Waals surface area contributed by atoms with E-state index in [4.69, 9.17) is 4.74 Å². The van der Waals surface area contributed by atoms with Crippen molar-refractivity contribution in [2.45, 2.75) is 32.4 Å². The Morgan fingerprint density at radius 1 is 1.30 bits per heavy atom. The van der Waals surface area contributed by atoms with Crippen LogP contribution in [0.4, 0.5) is 0 Å². The number of nitrogens with one attached hydrogen (secondary N) is 1. The molecule has 1 aromatic heterocycles. The molecule has 0 spiro atoms.